The molecule has 0 bridgehead atoms. The van der Waals surface area contributed by atoms with Crippen LogP contribution >= 0.6 is 0 Å². The third kappa shape index (κ3) is 2.68. The van der Waals surface area contributed by atoms with Gasteiger partial charge in [0, 0.05) is 19.3 Å². The Bertz CT molecular complexity index is 748. The molecule has 1 saturated heterocycles. The van der Waals surface area contributed by atoms with E-state index in [1.165, 1.54) is 18.9 Å². The molecule has 2 fully saturated rings. The largest absolute Gasteiger partial charge is 0.476 e. The van der Waals surface area contributed by atoms with E-state index in [2.05, 4.69) is 14.9 Å². The number of carboxylic acids is 1. The molecule has 2 unspecified atom stereocenters. The van der Waals surface area contributed by atoms with Crippen LogP contribution in [0, 0.1) is 11.8 Å². The number of aromatic carboxylic acids is 1. The zero-order valence-electron chi connectivity index (χ0n) is 12.6. The molecule has 4 rings (SSSR count). The molecule has 2 aromatic heterocycles. The SMILES string of the molecule is O=C(O)c1cn(Cc2ccc(N3CC4CC4C3)nc2CO)cn1. The molecule has 2 aromatic rings. The molecule has 2 N–H and O–H groups in total. The van der Waals surface area contributed by atoms with Crippen LogP contribution in [0.5, 0.6) is 0 Å². The fourth-order valence-electron chi connectivity index (χ4n) is 3.31. The van der Waals surface area contributed by atoms with Crippen LogP contribution in [0.3, 0.4) is 0 Å². The standard InChI is InChI=1S/C16H18N4O3/c21-8-14-10(4-19-7-13(16(22)23)17-9-19)1-2-15(18-14)20-5-11-3-12(11)6-20/h1-2,7,9,11-12,21H,3-6,8H2,(H,22,23). The number of hydrogen-bond donors (Lipinski definition) is 2. The van der Waals surface area contributed by atoms with Crippen molar-refractivity contribution in [1.29, 1.82) is 0 Å². The Morgan fingerprint density at radius 1 is 1.30 bits per heavy atom. The van der Waals surface area contributed by atoms with Crippen molar-refractivity contribution in [2.75, 3.05) is 18.0 Å². The lowest BCUT2D eigenvalue weighted by Gasteiger charge is -2.20. The van der Waals surface area contributed by atoms with E-state index in [9.17, 15) is 9.90 Å². The number of nitrogens with zero attached hydrogens (tertiary/aromatic N) is 4. The summed E-state index contributed by atoms with van der Waals surface area (Å²) in [7, 11) is 0. The van der Waals surface area contributed by atoms with Gasteiger partial charge in [-0.3, -0.25) is 0 Å². The molecule has 7 heteroatoms. The number of piperidine rings is 1. The van der Waals surface area contributed by atoms with Crippen molar-refractivity contribution >= 4 is 11.8 Å². The molecule has 7 nitrogen and oxygen atoms in total. The molecule has 0 radical (unpaired) electrons. The topological polar surface area (TPSA) is 91.5 Å². The number of hydrogen-bond acceptors (Lipinski definition) is 5. The van der Waals surface area contributed by atoms with Gasteiger partial charge in [0.2, 0.25) is 0 Å². The third-order valence-corrected chi connectivity index (χ3v) is 4.71. The second-order valence-electron chi connectivity index (χ2n) is 6.33. The second-order valence-corrected chi connectivity index (χ2v) is 6.33. The lowest BCUT2D eigenvalue weighted by Crippen LogP contribution is -2.23. The number of rotatable bonds is 5. The van der Waals surface area contributed by atoms with Crippen LogP contribution in [-0.2, 0) is 13.2 Å². The van der Waals surface area contributed by atoms with Gasteiger partial charge in [-0.2, -0.15) is 0 Å². The zero-order chi connectivity index (χ0) is 16.0. The first-order valence-corrected chi connectivity index (χ1v) is 7.73. The van der Waals surface area contributed by atoms with Crippen LogP contribution in [0.15, 0.2) is 24.7 Å². The fourth-order valence-corrected chi connectivity index (χ4v) is 3.31. The molecule has 120 valence electrons. The lowest BCUT2D eigenvalue weighted by molar-refractivity contribution is 0.0691. The first-order chi connectivity index (χ1) is 11.1. The first-order valence-electron chi connectivity index (χ1n) is 7.73. The molecule has 1 aliphatic carbocycles. The molecule has 0 aromatic carbocycles. The Morgan fingerprint density at radius 2 is 2.09 bits per heavy atom. The fraction of sp³-hybridized carbons (Fsp3) is 0.438. The third-order valence-electron chi connectivity index (χ3n) is 4.71. The maximum absolute atomic E-state index is 10.9. The summed E-state index contributed by atoms with van der Waals surface area (Å²) in [5, 5.41) is 18.5. The number of pyridine rings is 1. The minimum atomic E-state index is -1.05. The van der Waals surface area contributed by atoms with Crippen molar-refractivity contribution in [3.05, 3.63) is 41.6 Å². The van der Waals surface area contributed by atoms with Gasteiger partial charge in [0.05, 0.1) is 25.2 Å². The number of carbonyl (C=O) groups is 1. The molecule has 1 saturated carbocycles. The van der Waals surface area contributed by atoms with Crippen LogP contribution in [0.4, 0.5) is 5.82 Å². The molecule has 1 aliphatic heterocycles. The Hall–Kier alpha value is -2.41. The normalized spacial score (nSPS) is 22.2. The van der Waals surface area contributed by atoms with E-state index >= 15 is 0 Å². The van der Waals surface area contributed by atoms with Gasteiger partial charge in [-0.05, 0) is 29.9 Å². The van der Waals surface area contributed by atoms with E-state index in [-0.39, 0.29) is 12.3 Å². The van der Waals surface area contributed by atoms with Gasteiger partial charge in [0.15, 0.2) is 5.69 Å². The minimum absolute atomic E-state index is 0.0106. The predicted molar refractivity (Wildman–Crippen MR) is 82.3 cm³/mol. The highest BCUT2D eigenvalue weighted by Crippen LogP contribution is 2.45. The van der Waals surface area contributed by atoms with Crippen LogP contribution in [0.1, 0.15) is 28.2 Å². The van der Waals surface area contributed by atoms with Crippen molar-refractivity contribution in [3.63, 3.8) is 0 Å². The van der Waals surface area contributed by atoms with Crippen LogP contribution in [-0.4, -0.2) is 43.8 Å². The number of fused-ring (bicyclic) bond motifs is 1. The molecule has 0 spiro atoms. The Balaban J connectivity index is 1.54. The van der Waals surface area contributed by atoms with Gasteiger partial charge in [-0.15, -0.1) is 0 Å². The number of aliphatic hydroxyl groups excluding tert-OH is 1. The van der Waals surface area contributed by atoms with E-state index < -0.39 is 5.97 Å². The monoisotopic (exact) mass is 314 g/mol. The number of imidazole rings is 1. The number of anilines is 1. The minimum Gasteiger partial charge on any atom is -0.476 e. The second kappa shape index (κ2) is 5.34. The summed E-state index contributed by atoms with van der Waals surface area (Å²) in [6, 6.07) is 3.94. The van der Waals surface area contributed by atoms with Crippen LogP contribution < -0.4 is 4.90 Å². The highest BCUT2D eigenvalue weighted by molar-refractivity contribution is 5.84. The van der Waals surface area contributed by atoms with E-state index in [0.717, 1.165) is 36.3 Å². The van der Waals surface area contributed by atoms with Crippen LogP contribution in [0.25, 0.3) is 0 Å². The van der Waals surface area contributed by atoms with Crippen molar-refractivity contribution in [3.8, 4) is 0 Å². The average molecular weight is 314 g/mol. The van der Waals surface area contributed by atoms with Crippen molar-refractivity contribution < 1.29 is 15.0 Å². The van der Waals surface area contributed by atoms with E-state index in [1.54, 1.807) is 4.57 Å². The van der Waals surface area contributed by atoms with E-state index in [4.69, 9.17) is 5.11 Å². The van der Waals surface area contributed by atoms with Gasteiger partial charge in [0.25, 0.3) is 0 Å². The summed E-state index contributed by atoms with van der Waals surface area (Å²) in [5.41, 5.74) is 1.51. The molecule has 3 heterocycles. The Labute approximate surface area is 133 Å². The average Bonchev–Trinajstić information content (AvgIpc) is 2.97. The number of aliphatic hydroxyl groups is 1. The maximum Gasteiger partial charge on any atom is 0.356 e. The summed E-state index contributed by atoms with van der Waals surface area (Å²) in [6.45, 7) is 2.43. The van der Waals surface area contributed by atoms with Crippen molar-refractivity contribution in [2.24, 2.45) is 11.8 Å². The van der Waals surface area contributed by atoms with Gasteiger partial charge >= 0.3 is 5.97 Å². The molecular weight excluding hydrogens is 296 g/mol. The highest BCUT2D eigenvalue weighted by Gasteiger charge is 2.45. The van der Waals surface area contributed by atoms with Gasteiger partial charge in [-0.1, -0.05) is 6.07 Å². The smallest absolute Gasteiger partial charge is 0.356 e. The summed E-state index contributed by atoms with van der Waals surface area (Å²) in [4.78, 5) is 21.6. The van der Waals surface area contributed by atoms with Crippen molar-refractivity contribution in [1.82, 2.24) is 14.5 Å². The van der Waals surface area contributed by atoms with Gasteiger partial charge in [0.1, 0.15) is 5.82 Å². The number of carboxylic acid groups (broad SMARTS) is 1. The molecule has 2 atom stereocenters. The first kappa shape index (κ1) is 14.2. The summed E-state index contributed by atoms with van der Waals surface area (Å²) < 4.78 is 1.68. The summed E-state index contributed by atoms with van der Waals surface area (Å²) in [5.74, 6) is 1.53. The predicted octanol–water partition coefficient (Wildman–Crippen LogP) is 0.973. The Kier molecular flexibility index (Phi) is 3.30. The van der Waals surface area contributed by atoms with Gasteiger partial charge in [-0.25, -0.2) is 14.8 Å². The molecular formula is C16H18N4O3. The zero-order valence-corrected chi connectivity index (χ0v) is 12.6. The van der Waals surface area contributed by atoms with E-state index in [1.807, 2.05) is 12.1 Å². The molecule has 23 heavy (non-hydrogen) atoms. The van der Waals surface area contributed by atoms with Crippen molar-refractivity contribution in [2.45, 2.75) is 19.6 Å². The Morgan fingerprint density at radius 3 is 2.74 bits per heavy atom. The van der Waals surface area contributed by atoms with Gasteiger partial charge < -0.3 is 19.7 Å². The van der Waals surface area contributed by atoms with Crippen LogP contribution in [0.2, 0.25) is 0 Å². The number of aromatic nitrogens is 3. The lowest BCUT2D eigenvalue weighted by atomic mass is 10.2. The molecule has 0 amide bonds. The maximum atomic E-state index is 10.9. The van der Waals surface area contributed by atoms with E-state index in [0.29, 0.717) is 12.2 Å². The molecule has 2 aliphatic rings. The summed E-state index contributed by atoms with van der Waals surface area (Å²) >= 11 is 0. The quantitative estimate of drug-likeness (QED) is 0.854. The highest BCUT2D eigenvalue weighted by atomic mass is 16.4. The summed E-state index contributed by atoms with van der Waals surface area (Å²) in [6.07, 6.45) is 4.30.